The lowest BCUT2D eigenvalue weighted by Crippen LogP contribution is -2.39. The van der Waals surface area contributed by atoms with Gasteiger partial charge in [0.05, 0.1) is 23.5 Å². The molecule has 0 N–H and O–H groups in total. The molecule has 2 aromatic heterocycles. The molecule has 3 aromatic rings. The summed E-state index contributed by atoms with van der Waals surface area (Å²) in [5.41, 5.74) is 0.826. The van der Waals surface area contributed by atoms with Gasteiger partial charge in [0.15, 0.2) is 5.13 Å². The smallest absolute Gasteiger partial charge is 0.263 e. The van der Waals surface area contributed by atoms with Gasteiger partial charge in [0.1, 0.15) is 22.9 Å². The highest BCUT2D eigenvalue weighted by atomic mass is 32.1. The van der Waals surface area contributed by atoms with Gasteiger partial charge in [0.25, 0.3) is 5.91 Å². The van der Waals surface area contributed by atoms with Crippen molar-refractivity contribution in [1.29, 1.82) is 0 Å². The Kier molecular flexibility index (Phi) is 5.94. The minimum atomic E-state index is -0.374. The van der Waals surface area contributed by atoms with E-state index >= 15 is 0 Å². The van der Waals surface area contributed by atoms with Crippen molar-refractivity contribution in [2.24, 2.45) is 0 Å². The SMILES string of the molecule is Cc1cc(C(=O)N(CCCN2CCOCC2)c2nc3c(F)cccc3s2)c(C)o1. The number of ether oxygens (including phenoxy) is 1. The first kappa shape index (κ1) is 20.0. The van der Waals surface area contributed by atoms with Crippen LogP contribution in [0.1, 0.15) is 28.3 Å². The van der Waals surface area contributed by atoms with Gasteiger partial charge in [0, 0.05) is 26.2 Å². The highest BCUT2D eigenvalue weighted by molar-refractivity contribution is 7.22. The van der Waals surface area contributed by atoms with Crippen LogP contribution < -0.4 is 4.90 Å². The molecule has 6 nitrogen and oxygen atoms in total. The largest absolute Gasteiger partial charge is 0.466 e. The third-order valence-electron chi connectivity index (χ3n) is 5.07. The Bertz CT molecular complexity index is 1010. The van der Waals surface area contributed by atoms with Crippen LogP contribution in [0.3, 0.4) is 0 Å². The number of hydrogen-bond acceptors (Lipinski definition) is 6. The zero-order valence-corrected chi connectivity index (χ0v) is 17.4. The molecule has 1 fully saturated rings. The maximum Gasteiger partial charge on any atom is 0.263 e. The molecule has 3 heterocycles. The number of thiazole rings is 1. The number of benzene rings is 1. The maximum atomic E-state index is 14.2. The zero-order valence-electron chi connectivity index (χ0n) is 16.6. The summed E-state index contributed by atoms with van der Waals surface area (Å²) >= 11 is 1.33. The van der Waals surface area contributed by atoms with Crippen molar-refractivity contribution in [3.8, 4) is 0 Å². The van der Waals surface area contributed by atoms with Crippen molar-refractivity contribution >= 4 is 32.6 Å². The number of carbonyl (C=O) groups excluding carboxylic acids is 1. The lowest BCUT2D eigenvalue weighted by Gasteiger charge is -2.27. The molecule has 0 radical (unpaired) electrons. The minimum absolute atomic E-state index is 0.166. The number of para-hydroxylation sites is 1. The molecule has 0 atom stereocenters. The average Bonchev–Trinajstić information content (AvgIpc) is 3.29. The van der Waals surface area contributed by atoms with E-state index in [1.807, 2.05) is 13.0 Å². The van der Waals surface area contributed by atoms with Gasteiger partial charge >= 0.3 is 0 Å². The van der Waals surface area contributed by atoms with Gasteiger partial charge in [-0.05, 0) is 38.5 Å². The number of rotatable bonds is 6. The molecule has 0 saturated carbocycles. The first-order valence-corrected chi connectivity index (χ1v) is 10.6. The Morgan fingerprint density at radius 1 is 1.31 bits per heavy atom. The van der Waals surface area contributed by atoms with E-state index in [1.54, 1.807) is 24.0 Å². The molecule has 0 aliphatic carbocycles. The number of nitrogens with zero attached hydrogens (tertiary/aromatic N) is 3. The molecule has 4 rings (SSSR count). The van der Waals surface area contributed by atoms with Gasteiger partial charge < -0.3 is 9.15 Å². The Labute approximate surface area is 172 Å². The first-order chi connectivity index (χ1) is 14.0. The molecular formula is C21H24FN3O3S. The molecule has 0 spiro atoms. The Balaban J connectivity index is 1.59. The van der Waals surface area contributed by atoms with Crippen LogP contribution in [-0.4, -0.2) is 55.2 Å². The number of fused-ring (bicyclic) bond motifs is 1. The summed E-state index contributed by atoms with van der Waals surface area (Å²) in [4.78, 5) is 21.8. The Morgan fingerprint density at radius 3 is 2.79 bits per heavy atom. The molecule has 1 aliphatic heterocycles. The predicted molar refractivity (Wildman–Crippen MR) is 111 cm³/mol. The van der Waals surface area contributed by atoms with Crippen molar-refractivity contribution < 1.29 is 18.3 Å². The van der Waals surface area contributed by atoms with Crippen LogP contribution in [0.5, 0.6) is 0 Å². The van der Waals surface area contributed by atoms with Crippen LogP contribution in [0.2, 0.25) is 0 Å². The summed E-state index contributed by atoms with van der Waals surface area (Å²) in [5, 5.41) is 0.510. The molecule has 0 bridgehead atoms. The molecular weight excluding hydrogens is 393 g/mol. The highest BCUT2D eigenvalue weighted by Gasteiger charge is 2.25. The van der Waals surface area contributed by atoms with E-state index in [0.717, 1.165) is 44.0 Å². The second kappa shape index (κ2) is 8.61. The molecule has 8 heteroatoms. The quantitative estimate of drug-likeness (QED) is 0.606. The molecule has 29 heavy (non-hydrogen) atoms. The van der Waals surface area contributed by atoms with Crippen LogP contribution in [0.4, 0.5) is 9.52 Å². The second-order valence-corrected chi connectivity index (χ2v) is 8.18. The summed E-state index contributed by atoms with van der Waals surface area (Å²) in [6, 6.07) is 6.62. The fourth-order valence-corrected chi connectivity index (χ4v) is 4.57. The number of hydrogen-bond donors (Lipinski definition) is 0. The molecule has 0 unspecified atom stereocenters. The summed E-state index contributed by atoms with van der Waals surface area (Å²) in [7, 11) is 0. The third kappa shape index (κ3) is 4.34. The molecule has 1 amide bonds. The summed E-state index contributed by atoms with van der Waals surface area (Å²) in [5.74, 6) is 0.731. The topological polar surface area (TPSA) is 58.8 Å². The van der Waals surface area contributed by atoms with Crippen molar-refractivity contribution in [1.82, 2.24) is 9.88 Å². The normalized spacial score (nSPS) is 15.1. The van der Waals surface area contributed by atoms with Crippen molar-refractivity contribution in [3.05, 3.63) is 47.2 Å². The van der Waals surface area contributed by atoms with Gasteiger partial charge in [-0.15, -0.1) is 0 Å². The zero-order chi connectivity index (χ0) is 20.4. The van der Waals surface area contributed by atoms with Gasteiger partial charge in [-0.25, -0.2) is 9.37 Å². The predicted octanol–water partition coefficient (Wildman–Crippen LogP) is 4.01. The van der Waals surface area contributed by atoms with E-state index in [9.17, 15) is 9.18 Å². The van der Waals surface area contributed by atoms with E-state index in [1.165, 1.54) is 17.4 Å². The minimum Gasteiger partial charge on any atom is -0.466 e. The fraction of sp³-hybridized carbons (Fsp3) is 0.429. The molecule has 1 aromatic carbocycles. The fourth-order valence-electron chi connectivity index (χ4n) is 3.57. The van der Waals surface area contributed by atoms with Gasteiger partial charge in [-0.3, -0.25) is 14.6 Å². The number of morpholine rings is 1. The standard InChI is InChI=1S/C21H24FN3O3S/c1-14-13-16(15(2)28-14)20(26)25(8-4-7-24-9-11-27-12-10-24)21-23-19-17(22)5-3-6-18(19)29-21/h3,5-6,13H,4,7-12H2,1-2H3. The number of halogens is 1. The monoisotopic (exact) mass is 417 g/mol. The average molecular weight is 418 g/mol. The summed E-state index contributed by atoms with van der Waals surface area (Å²) in [6.07, 6.45) is 0.792. The number of aromatic nitrogens is 1. The van der Waals surface area contributed by atoms with Crippen LogP contribution >= 0.6 is 11.3 Å². The van der Waals surface area contributed by atoms with Crippen molar-refractivity contribution in [2.75, 3.05) is 44.3 Å². The first-order valence-electron chi connectivity index (χ1n) is 9.77. The maximum absolute atomic E-state index is 14.2. The summed E-state index contributed by atoms with van der Waals surface area (Å²) in [6.45, 7) is 8.27. The van der Waals surface area contributed by atoms with Crippen molar-refractivity contribution in [3.63, 3.8) is 0 Å². The molecule has 154 valence electrons. The number of furan rings is 1. The second-order valence-electron chi connectivity index (χ2n) is 7.17. The third-order valence-corrected chi connectivity index (χ3v) is 6.11. The lowest BCUT2D eigenvalue weighted by atomic mass is 10.2. The van der Waals surface area contributed by atoms with Gasteiger partial charge in [-0.1, -0.05) is 17.4 Å². The Morgan fingerprint density at radius 2 is 2.10 bits per heavy atom. The van der Waals surface area contributed by atoms with Crippen LogP contribution in [0, 0.1) is 19.7 Å². The van der Waals surface area contributed by atoms with E-state index in [0.29, 0.717) is 34.3 Å². The van der Waals surface area contributed by atoms with E-state index in [4.69, 9.17) is 9.15 Å². The van der Waals surface area contributed by atoms with Gasteiger partial charge in [0.2, 0.25) is 0 Å². The van der Waals surface area contributed by atoms with E-state index in [2.05, 4.69) is 9.88 Å². The van der Waals surface area contributed by atoms with E-state index in [-0.39, 0.29) is 11.7 Å². The molecule has 1 aliphatic rings. The van der Waals surface area contributed by atoms with Crippen LogP contribution in [0.15, 0.2) is 28.7 Å². The van der Waals surface area contributed by atoms with E-state index < -0.39 is 0 Å². The van der Waals surface area contributed by atoms with Crippen LogP contribution in [0.25, 0.3) is 10.2 Å². The molecule has 1 saturated heterocycles. The number of amides is 1. The van der Waals surface area contributed by atoms with Gasteiger partial charge in [-0.2, -0.15) is 0 Å². The summed E-state index contributed by atoms with van der Waals surface area (Å²) < 4.78 is 25.8. The Hall–Kier alpha value is -2.29. The lowest BCUT2D eigenvalue weighted by molar-refractivity contribution is 0.0376. The number of anilines is 1. The van der Waals surface area contributed by atoms with Crippen molar-refractivity contribution in [2.45, 2.75) is 20.3 Å². The van der Waals surface area contributed by atoms with Crippen LogP contribution in [-0.2, 0) is 4.74 Å². The number of aryl methyl sites for hydroxylation is 2. The highest BCUT2D eigenvalue weighted by Crippen LogP contribution is 2.32. The number of carbonyl (C=O) groups is 1.